The Morgan fingerprint density at radius 3 is 2.47 bits per heavy atom. The number of carbonyl (C=O) groups excluding carboxylic acids is 1. The molecule has 0 aliphatic carbocycles. The van der Waals surface area contributed by atoms with Crippen molar-refractivity contribution < 1.29 is 4.79 Å². The number of likely N-dealkylation sites (tertiary alicyclic amines) is 1. The van der Waals surface area contributed by atoms with Gasteiger partial charge in [0, 0.05) is 24.9 Å². The number of hydrogen-bond donors (Lipinski definition) is 1. The van der Waals surface area contributed by atoms with Gasteiger partial charge in [-0.05, 0) is 31.8 Å². The first kappa shape index (κ1) is 10.9. The monoisotopic (exact) mass is 210 g/mol. The van der Waals surface area contributed by atoms with Crippen LogP contribution in [-0.2, 0) is 4.79 Å². The molecule has 3 heteroatoms. The van der Waals surface area contributed by atoms with Gasteiger partial charge in [-0.1, -0.05) is 13.8 Å². The minimum Gasteiger partial charge on any atom is -0.341 e. The fourth-order valence-corrected chi connectivity index (χ4v) is 2.69. The van der Waals surface area contributed by atoms with Crippen molar-refractivity contribution in [2.75, 3.05) is 26.2 Å². The predicted molar refractivity (Wildman–Crippen MR) is 60.6 cm³/mol. The van der Waals surface area contributed by atoms with Crippen LogP contribution in [0.4, 0.5) is 0 Å². The van der Waals surface area contributed by atoms with E-state index in [4.69, 9.17) is 0 Å². The molecule has 0 aromatic rings. The van der Waals surface area contributed by atoms with Gasteiger partial charge in [0.25, 0.3) is 0 Å². The number of amides is 1. The van der Waals surface area contributed by atoms with Crippen LogP contribution in [0.3, 0.4) is 0 Å². The van der Waals surface area contributed by atoms with Crippen LogP contribution in [0.25, 0.3) is 0 Å². The third-order valence-electron chi connectivity index (χ3n) is 3.65. The van der Waals surface area contributed by atoms with Crippen molar-refractivity contribution in [3.8, 4) is 0 Å². The van der Waals surface area contributed by atoms with Gasteiger partial charge in [-0.25, -0.2) is 0 Å². The number of rotatable bonds is 2. The normalized spacial score (nSPS) is 24.3. The molecule has 0 aromatic carbocycles. The molecule has 0 radical (unpaired) electrons. The predicted octanol–water partition coefficient (Wildman–Crippen LogP) is 1.24. The summed E-state index contributed by atoms with van der Waals surface area (Å²) in [6.07, 6.45) is 3.21. The molecular weight excluding hydrogens is 188 g/mol. The summed E-state index contributed by atoms with van der Waals surface area (Å²) in [5, 5.41) is 3.38. The van der Waals surface area contributed by atoms with Crippen LogP contribution in [-0.4, -0.2) is 37.0 Å². The Morgan fingerprint density at radius 2 is 1.93 bits per heavy atom. The third kappa shape index (κ3) is 2.33. The van der Waals surface area contributed by atoms with Gasteiger partial charge in [-0.15, -0.1) is 0 Å². The van der Waals surface area contributed by atoms with Gasteiger partial charge in [0.05, 0.1) is 0 Å². The molecule has 1 amide bonds. The standard InChI is InChI=1S/C12H22N2O/c1-10(2)7-11(15)14-8-12(9-14)3-5-13-6-4-12/h10,13H,3-9H2,1-2H3. The molecule has 15 heavy (non-hydrogen) atoms. The zero-order valence-corrected chi connectivity index (χ0v) is 9.88. The summed E-state index contributed by atoms with van der Waals surface area (Å²) in [7, 11) is 0. The quantitative estimate of drug-likeness (QED) is 0.744. The zero-order chi connectivity index (χ0) is 10.9. The molecule has 1 N–H and O–H groups in total. The van der Waals surface area contributed by atoms with Gasteiger partial charge in [0.1, 0.15) is 0 Å². The lowest BCUT2D eigenvalue weighted by Gasteiger charge is -2.52. The Labute approximate surface area is 92.2 Å². The maximum absolute atomic E-state index is 11.8. The Bertz CT molecular complexity index is 236. The van der Waals surface area contributed by atoms with Crippen molar-refractivity contribution in [1.29, 1.82) is 0 Å². The lowest BCUT2D eigenvalue weighted by molar-refractivity contribution is -0.145. The molecule has 2 heterocycles. The molecule has 0 saturated carbocycles. The second kappa shape index (κ2) is 4.12. The first-order chi connectivity index (χ1) is 7.11. The summed E-state index contributed by atoms with van der Waals surface area (Å²) in [5.41, 5.74) is 0.484. The molecule has 2 aliphatic rings. The van der Waals surface area contributed by atoms with Crippen LogP contribution in [0.5, 0.6) is 0 Å². The number of hydrogen-bond acceptors (Lipinski definition) is 2. The van der Waals surface area contributed by atoms with E-state index in [0.717, 1.165) is 26.2 Å². The highest BCUT2D eigenvalue weighted by atomic mass is 16.2. The molecule has 0 unspecified atom stereocenters. The highest BCUT2D eigenvalue weighted by Gasteiger charge is 2.45. The van der Waals surface area contributed by atoms with E-state index in [2.05, 4.69) is 19.2 Å². The average Bonchev–Trinajstić information content (AvgIpc) is 2.14. The molecule has 2 rings (SSSR count). The molecule has 0 atom stereocenters. The Morgan fingerprint density at radius 1 is 1.33 bits per heavy atom. The van der Waals surface area contributed by atoms with Crippen molar-refractivity contribution in [3.63, 3.8) is 0 Å². The Kier molecular flexibility index (Phi) is 3.01. The second-order valence-corrected chi connectivity index (χ2v) is 5.60. The van der Waals surface area contributed by atoms with Crippen LogP contribution < -0.4 is 5.32 Å². The van der Waals surface area contributed by atoms with Gasteiger partial charge in [-0.3, -0.25) is 4.79 Å². The fraction of sp³-hybridized carbons (Fsp3) is 0.917. The Hall–Kier alpha value is -0.570. The molecule has 0 aromatic heterocycles. The van der Waals surface area contributed by atoms with Crippen LogP contribution in [0.15, 0.2) is 0 Å². The maximum atomic E-state index is 11.8. The molecule has 86 valence electrons. The van der Waals surface area contributed by atoms with Crippen LogP contribution in [0.1, 0.15) is 33.1 Å². The number of nitrogens with zero attached hydrogens (tertiary/aromatic N) is 1. The molecule has 0 bridgehead atoms. The van der Waals surface area contributed by atoms with E-state index in [-0.39, 0.29) is 0 Å². The van der Waals surface area contributed by atoms with E-state index >= 15 is 0 Å². The molecule has 2 aliphatic heterocycles. The summed E-state index contributed by atoms with van der Waals surface area (Å²) < 4.78 is 0. The molecule has 3 nitrogen and oxygen atoms in total. The first-order valence-electron chi connectivity index (χ1n) is 6.10. The van der Waals surface area contributed by atoms with E-state index in [1.807, 2.05) is 4.90 Å². The summed E-state index contributed by atoms with van der Waals surface area (Å²) in [6, 6.07) is 0. The van der Waals surface area contributed by atoms with Crippen LogP contribution in [0, 0.1) is 11.3 Å². The van der Waals surface area contributed by atoms with E-state index in [0.29, 0.717) is 23.7 Å². The van der Waals surface area contributed by atoms with Gasteiger partial charge in [0.2, 0.25) is 5.91 Å². The topological polar surface area (TPSA) is 32.3 Å². The minimum atomic E-state index is 0.356. The van der Waals surface area contributed by atoms with Crippen LogP contribution >= 0.6 is 0 Å². The van der Waals surface area contributed by atoms with E-state index in [1.54, 1.807) is 0 Å². The summed E-state index contributed by atoms with van der Waals surface area (Å²) in [4.78, 5) is 13.8. The SMILES string of the molecule is CC(C)CC(=O)N1CC2(CCNCC2)C1. The second-order valence-electron chi connectivity index (χ2n) is 5.60. The molecule has 1 spiro atoms. The lowest BCUT2D eigenvalue weighted by atomic mass is 9.72. The summed E-state index contributed by atoms with van der Waals surface area (Å²) in [6.45, 7) is 8.51. The number of piperidine rings is 1. The number of carbonyl (C=O) groups is 1. The van der Waals surface area contributed by atoms with Crippen molar-refractivity contribution >= 4 is 5.91 Å². The fourth-order valence-electron chi connectivity index (χ4n) is 2.69. The Balaban J connectivity index is 1.79. The largest absolute Gasteiger partial charge is 0.341 e. The van der Waals surface area contributed by atoms with Gasteiger partial charge >= 0.3 is 0 Å². The van der Waals surface area contributed by atoms with E-state index in [1.165, 1.54) is 12.8 Å². The summed E-state index contributed by atoms with van der Waals surface area (Å²) in [5.74, 6) is 0.844. The van der Waals surface area contributed by atoms with E-state index < -0.39 is 0 Å². The smallest absolute Gasteiger partial charge is 0.222 e. The van der Waals surface area contributed by atoms with Gasteiger partial charge in [-0.2, -0.15) is 0 Å². The minimum absolute atomic E-state index is 0.356. The van der Waals surface area contributed by atoms with E-state index in [9.17, 15) is 4.79 Å². The van der Waals surface area contributed by atoms with Crippen molar-refractivity contribution in [2.24, 2.45) is 11.3 Å². The number of nitrogens with one attached hydrogen (secondary N) is 1. The van der Waals surface area contributed by atoms with Crippen molar-refractivity contribution in [2.45, 2.75) is 33.1 Å². The van der Waals surface area contributed by atoms with Crippen LogP contribution in [0.2, 0.25) is 0 Å². The molecular formula is C12H22N2O. The third-order valence-corrected chi connectivity index (χ3v) is 3.65. The summed E-state index contributed by atoms with van der Waals surface area (Å²) >= 11 is 0. The molecule has 2 fully saturated rings. The van der Waals surface area contributed by atoms with Gasteiger partial charge < -0.3 is 10.2 Å². The highest BCUT2D eigenvalue weighted by Crippen LogP contribution is 2.38. The highest BCUT2D eigenvalue weighted by molar-refractivity contribution is 5.77. The van der Waals surface area contributed by atoms with Crippen molar-refractivity contribution in [3.05, 3.63) is 0 Å². The molecule has 2 saturated heterocycles. The lowest BCUT2D eigenvalue weighted by Crippen LogP contribution is -2.61. The first-order valence-corrected chi connectivity index (χ1v) is 6.10. The maximum Gasteiger partial charge on any atom is 0.222 e. The van der Waals surface area contributed by atoms with Crippen molar-refractivity contribution in [1.82, 2.24) is 10.2 Å². The van der Waals surface area contributed by atoms with Gasteiger partial charge in [0.15, 0.2) is 0 Å². The zero-order valence-electron chi connectivity index (χ0n) is 9.88. The average molecular weight is 210 g/mol.